The Hall–Kier alpha value is -2.60. The van der Waals surface area contributed by atoms with E-state index in [9.17, 15) is 0 Å². The smallest absolute Gasteiger partial charge is 0.0479 e. The first-order valence-corrected chi connectivity index (χ1v) is 8.57. The Morgan fingerprint density at radius 1 is 0.708 bits per heavy atom. The van der Waals surface area contributed by atoms with Crippen molar-refractivity contribution < 1.29 is 0 Å². The predicted molar refractivity (Wildman–Crippen MR) is 103 cm³/mol. The molecule has 1 atom stereocenters. The fourth-order valence-corrected chi connectivity index (χ4v) is 3.88. The molecule has 0 aliphatic rings. The predicted octanol–water partition coefficient (Wildman–Crippen LogP) is 6.23. The van der Waals surface area contributed by atoms with Crippen molar-refractivity contribution >= 4 is 0 Å². The Bertz CT molecular complexity index is 660. The molecule has 24 heavy (non-hydrogen) atoms. The van der Waals surface area contributed by atoms with Gasteiger partial charge in [0.1, 0.15) is 0 Å². The minimum absolute atomic E-state index is 0.183. The van der Waals surface area contributed by atoms with Gasteiger partial charge in [-0.1, -0.05) is 104 Å². The number of allylic oxidation sites excluding steroid dienone is 1. The number of hydrogen-bond donors (Lipinski definition) is 0. The molecule has 0 aromatic heterocycles. The Kier molecular flexibility index (Phi) is 4.96. The van der Waals surface area contributed by atoms with Gasteiger partial charge >= 0.3 is 0 Å². The van der Waals surface area contributed by atoms with Crippen molar-refractivity contribution in [2.24, 2.45) is 5.92 Å². The van der Waals surface area contributed by atoms with Crippen molar-refractivity contribution in [3.8, 4) is 0 Å². The summed E-state index contributed by atoms with van der Waals surface area (Å²) in [4.78, 5) is 0. The van der Waals surface area contributed by atoms with Crippen molar-refractivity contribution in [2.45, 2.75) is 18.8 Å². The molecule has 0 N–H and O–H groups in total. The van der Waals surface area contributed by atoms with E-state index in [0.717, 1.165) is 6.42 Å². The van der Waals surface area contributed by atoms with Crippen LogP contribution in [0.1, 0.15) is 30.0 Å². The third kappa shape index (κ3) is 2.80. The highest BCUT2D eigenvalue weighted by Gasteiger charge is 2.40. The highest BCUT2D eigenvalue weighted by atomic mass is 14.4. The molecule has 3 aromatic rings. The lowest BCUT2D eigenvalue weighted by Crippen LogP contribution is -2.36. The van der Waals surface area contributed by atoms with E-state index in [0.29, 0.717) is 5.92 Å². The lowest BCUT2D eigenvalue weighted by atomic mass is 9.61. The van der Waals surface area contributed by atoms with Gasteiger partial charge in [-0.25, -0.2) is 0 Å². The molecular weight excluding hydrogens is 288 g/mol. The molecule has 0 spiro atoms. The maximum Gasteiger partial charge on any atom is 0.0479 e. The topological polar surface area (TPSA) is 0 Å². The van der Waals surface area contributed by atoms with Crippen molar-refractivity contribution in [2.75, 3.05) is 0 Å². The van der Waals surface area contributed by atoms with Gasteiger partial charge in [0.25, 0.3) is 0 Å². The molecule has 120 valence electrons. The minimum Gasteiger partial charge on any atom is -0.103 e. The molecule has 0 radical (unpaired) electrons. The second-order valence-electron chi connectivity index (χ2n) is 6.33. The molecule has 0 aliphatic carbocycles. The summed E-state index contributed by atoms with van der Waals surface area (Å²) in [7, 11) is 0. The number of hydrogen-bond acceptors (Lipinski definition) is 0. The van der Waals surface area contributed by atoms with Crippen molar-refractivity contribution in [1.29, 1.82) is 0 Å². The first kappa shape index (κ1) is 16.3. The quantitative estimate of drug-likeness (QED) is 0.373. The summed E-state index contributed by atoms with van der Waals surface area (Å²) in [5.74, 6) is 0.391. The first-order chi connectivity index (χ1) is 11.8. The highest BCUT2D eigenvalue weighted by molar-refractivity contribution is 5.51. The summed E-state index contributed by atoms with van der Waals surface area (Å²) < 4.78 is 0. The van der Waals surface area contributed by atoms with Crippen molar-refractivity contribution in [1.82, 2.24) is 0 Å². The van der Waals surface area contributed by atoms with Crippen LogP contribution in [0.15, 0.2) is 104 Å². The summed E-state index contributed by atoms with van der Waals surface area (Å²) in [5, 5.41) is 0. The Balaban J connectivity index is 2.35. The van der Waals surface area contributed by atoms with E-state index in [1.807, 2.05) is 6.08 Å². The van der Waals surface area contributed by atoms with Crippen molar-refractivity contribution in [3.05, 3.63) is 120 Å². The van der Waals surface area contributed by atoms with Crippen LogP contribution in [0, 0.1) is 5.92 Å². The molecule has 3 rings (SSSR count). The number of benzene rings is 3. The SMILES string of the molecule is C=CCC(C)C(c1ccccc1)(c1ccccc1)c1ccccc1. The van der Waals surface area contributed by atoms with Crippen LogP contribution in [0.3, 0.4) is 0 Å². The van der Waals surface area contributed by atoms with Crippen LogP contribution in [-0.2, 0) is 5.41 Å². The zero-order valence-corrected chi connectivity index (χ0v) is 14.2. The van der Waals surface area contributed by atoms with E-state index >= 15 is 0 Å². The van der Waals surface area contributed by atoms with Gasteiger partial charge in [-0.2, -0.15) is 0 Å². The molecule has 0 fully saturated rings. The van der Waals surface area contributed by atoms with Crippen LogP contribution in [0.2, 0.25) is 0 Å². The Morgan fingerprint density at radius 3 is 1.33 bits per heavy atom. The summed E-state index contributed by atoms with van der Waals surface area (Å²) in [6, 6.07) is 32.6. The zero-order chi connectivity index (χ0) is 16.8. The van der Waals surface area contributed by atoms with Gasteiger partial charge in [-0.15, -0.1) is 6.58 Å². The van der Waals surface area contributed by atoms with E-state index in [1.54, 1.807) is 0 Å². The molecule has 0 amide bonds. The van der Waals surface area contributed by atoms with E-state index in [-0.39, 0.29) is 5.41 Å². The van der Waals surface area contributed by atoms with Crippen molar-refractivity contribution in [3.63, 3.8) is 0 Å². The fourth-order valence-electron chi connectivity index (χ4n) is 3.88. The van der Waals surface area contributed by atoms with Gasteiger partial charge in [0.2, 0.25) is 0 Å². The van der Waals surface area contributed by atoms with E-state index in [1.165, 1.54) is 16.7 Å². The van der Waals surface area contributed by atoms with Crippen LogP contribution in [-0.4, -0.2) is 0 Å². The second kappa shape index (κ2) is 7.31. The van der Waals surface area contributed by atoms with E-state index in [2.05, 4.69) is 104 Å². The maximum atomic E-state index is 4.00. The summed E-state index contributed by atoms with van der Waals surface area (Å²) in [5.41, 5.74) is 3.81. The molecule has 0 nitrogen and oxygen atoms in total. The lowest BCUT2D eigenvalue weighted by molar-refractivity contribution is 0.407. The number of rotatable bonds is 6. The van der Waals surface area contributed by atoms with Gasteiger partial charge in [-0.05, 0) is 29.0 Å². The maximum absolute atomic E-state index is 4.00. The first-order valence-electron chi connectivity index (χ1n) is 8.57. The minimum atomic E-state index is -0.183. The molecule has 0 heterocycles. The zero-order valence-electron chi connectivity index (χ0n) is 14.2. The third-order valence-electron chi connectivity index (χ3n) is 4.95. The molecule has 0 saturated heterocycles. The van der Waals surface area contributed by atoms with Gasteiger partial charge in [0, 0.05) is 5.41 Å². The largest absolute Gasteiger partial charge is 0.103 e. The van der Waals surface area contributed by atoms with Crippen LogP contribution in [0.25, 0.3) is 0 Å². The molecule has 0 saturated carbocycles. The van der Waals surface area contributed by atoms with Crippen LogP contribution in [0.5, 0.6) is 0 Å². The van der Waals surface area contributed by atoms with E-state index in [4.69, 9.17) is 0 Å². The summed E-state index contributed by atoms with van der Waals surface area (Å²) in [6.07, 6.45) is 2.99. The lowest BCUT2D eigenvalue weighted by Gasteiger charge is -2.41. The monoisotopic (exact) mass is 312 g/mol. The van der Waals surface area contributed by atoms with Gasteiger partial charge in [-0.3, -0.25) is 0 Å². The molecule has 0 aliphatic heterocycles. The van der Waals surface area contributed by atoms with E-state index < -0.39 is 0 Å². The summed E-state index contributed by atoms with van der Waals surface area (Å²) >= 11 is 0. The fraction of sp³-hybridized carbons (Fsp3) is 0.167. The highest BCUT2D eigenvalue weighted by Crippen LogP contribution is 2.46. The normalized spacial score (nSPS) is 12.5. The summed E-state index contributed by atoms with van der Waals surface area (Å²) in [6.45, 7) is 6.32. The average molecular weight is 312 g/mol. The van der Waals surface area contributed by atoms with Gasteiger partial charge < -0.3 is 0 Å². The van der Waals surface area contributed by atoms with Crippen LogP contribution < -0.4 is 0 Å². The second-order valence-corrected chi connectivity index (χ2v) is 6.33. The molecule has 0 bridgehead atoms. The molecule has 1 unspecified atom stereocenters. The Morgan fingerprint density at radius 2 is 1.04 bits per heavy atom. The standard InChI is InChI=1S/C24H24/c1-3-13-20(2)24(21-14-7-4-8-15-21,22-16-9-5-10-17-22)23-18-11-6-12-19-23/h3-12,14-20H,1,13H2,2H3. The van der Waals surface area contributed by atoms with Crippen LogP contribution in [0.4, 0.5) is 0 Å². The molecule has 0 heteroatoms. The Labute approximate surface area is 145 Å². The third-order valence-corrected chi connectivity index (χ3v) is 4.95. The molecule has 3 aromatic carbocycles. The van der Waals surface area contributed by atoms with Gasteiger partial charge in [0.05, 0.1) is 0 Å². The average Bonchev–Trinajstić information content (AvgIpc) is 2.65. The molecular formula is C24H24. The van der Waals surface area contributed by atoms with Crippen LogP contribution >= 0.6 is 0 Å². The van der Waals surface area contributed by atoms with Gasteiger partial charge in [0.15, 0.2) is 0 Å².